The zero-order valence-corrected chi connectivity index (χ0v) is 30.3. The van der Waals surface area contributed by atoms with Gasteiger partial charge in [0.15, 0.2) is 0 Å². The van der Waals surface area contributed by atoms with Crippen LogP contribution in [0.25, 0.3) is 11.1 Å². The minimum Gasteiger partial charge on any atom is -0.449 e. The molecule has 292 valence electrons. The standard InChI is InChI=1S/C39H41N7O10/c1-23(40)34(45-38(50)54-22-32-30-9-4-2-7-28(30)29-8-3-5-10-31(29)32)36(48)44-33(11-6-20-42-37(41)49)35(47)43-25-14-12-24(13-15-25)21-55-39(51)56-27-18-16-26(17-19-27)46(52)53/h2-5,7-10,12-19,23,32-34H,6,11,20-22,40H2,1H3,(H,43,47)(H,44,48)(H,45,50)(H3,41,42,49)/t23?,33-,34-/m0/s1. The monoisotopic (exact) mass is 767 g/mol. The third-order valence-electron chi connectivity index (χ3n) is 8.85. The Balaban J connectivity index is 1.16. The van der Waals surface area contributed by atoms with Crippen molar-refractivity contribution in [2.75, 3.05) is 18.5 Å². The fourth-order valence-corrected chi connectivity index (χ4v) is 6.07. The first kappa shape index (κ1) is 40.2. The normalized spacial score (nSPS) is 13.1. The lowest BCUT2D eigenvalue weighted by Gasteiger charge is -2.25. The predicted octanol–water partition coefficient (Wildman–Crippen LogP) is 4.44. The zero-order chi connectivity index (χ0) is 40.2. The number of nitrogens with zero attached hydrogens (tertiary/aromatic N) is 1. The third kappa shape index (κ3) is 10.8. The van der Waals surface area contributed by atoms with Crippen molar-refractivity contribution in [1.29, 1.82) is 0 Å². The summed E-state index contributed by atoms with van der Waals surface area (Å²) in [6.07, 6.45) is -1.55. The first-order chi connectivity index (χ1) is 26.9. The van der Waals surface area contributed by atoms with Gasteiger partial charge in [-0.25, -0.2) is 14.4 Å². The summed E-state index contributed by atoms with van der Waals surface area (Å²) in [5.74, 6) is -1.47. The fraction of sp³-hybridized carbons (Fsp3) is 0.256. The van der Waals surface area contributed by atoms with Gasteiger partial charge < -0.3 is 46.9 Å². The number of non-ortho nitro benzene ring substituents is 1. The van der Waals surface area contributed by atoms with Crippen LogP contribution in [-0.2, 0) is 25.7 Å². The lowest BCUT2D eigenvalue weighted by Crippen LogP contribution is -2.58. The molecule has 0 aromatic heterocycles. The number of hydrogen-bond donors (Lipinski definition) is 6. The van der Waals surface area contributed by atoms with E-state index in [9.17, 15) is 34.1 Å². The summed E-state index contributed by atoms with van der Waals surface area (Å²) < 4.78 is 15.7. The second-order valence-electron chi connectivity index (χ2n) is 12.9. The second-order valence-corrected chi connectivity index (χ2v) is 12.9. The van der Waals surface area contributed by atoms with Gasteiger partial charge >= 0.3 is 18.3 Å². The van der Waals surface area contributed by atoms with E-state index in [-0.39, 0.29) is 50.0 Å². The van der Waals surface area contributed by atoms with E-state index in [1.54, 1.807) is 24.3 Å². The molecule has 17 heteroatoms. The number of nitro groups is 1. The summed E-state index contributed by atoms with van der Waals surface area (Å²) in [4.78, 5) is 73.6. The van der Waals surface area contributed by atoms with Crippen LogP contribution in [0.15, 0.2) is 97.1 Å². The van der Waals surface area contributed by atoms with Crippen molar-refractivity contribution in [3.8, 4) is 16.9 Å². The molecule has 5 amide bonds. The number of fused-ring (bicyclic) bond motifs is 3. The molecular weight excluding hydrogens is 726 g/mol. The van der Waals surface area contributed by atoms with Crippen LogP contribution < -0.4 is 37.5 Å². The number of anilines is 1. The average molecular weight is 768 g/mol. The van der Waals surface area contributed by atoms with Crippen LogP contribution in [0.1, 0.15) is 42.4 Å². The summed E-state index contributed by atoms with van der Waals surface area (Å²) in [6.45, 7) is 1.49. The molecule has 8 N–H and O–H groups in total. The topological polar surface area (TPSA) is 256 Å². The largest absolute Gasteiger partial charge is 0.514 e. The lowest BCUT2D eigenvalue weighted by molar-refractivity contribution is -0.384. The first-order valence-corrected chi connectivity index (χ1v) is 17.6. The van der Waals surface area contributed by atoms with Crippen LogP contribution in [0.2, 0.25) is 0 Å². The number of ether oxygens (including phenoxy) is 3. The highest BCUT2D eigenvalue weighted by Crippen LogP contribution is 2.44. The number of hydrogen-bond acceptors (Lipinski definition) is 11. The molecule has 4 aromatic rings. The van der Waals surface area contributed by atoms with Crippen LogP contribution in [0.3, 0.4) is 0 Å². The zero-order valence-electron chi connectivity index (χ0n) is 30.3. The molecule has 0 saturated heterocycles. The Kier molecular flexibility index (Phi) is 13.5. The number of rotatable bonds is 16. The lowest BCUT2D eigenvalue weighted by atomic mass is 9.98. The van der Waals surface area contributed by atoms with Gasteiger partial charge in [0.25, 0.3) is 5.69 Å². The molecule has 0 aliphatic heterocycles. The molecule has 17 nitrogen and oxygen atoms in total. The second kappa shape index (κ2) is 18.8. The third-order valence-corrected chi connectivity index (χ3v) is 8.85. The smallest absolute Gasteiger partial charge is 0.449 e. The number of nitrogens with one attached hydrogen (secondary N) is 4. The van der Waals surface area contributed by atoms with E-state index >= 15 is 0 Å². The summed E-state index contributed by atoms with van der Waals surface area (Å²) >= 11 is 0. The number of carbonyl (C=O) groups excluding carboxylic acids is 5. The van der Waals surface area contributed by atoms with E-state index in [2.05, 4.69) is 21.3 Å². The van der Waals surface area contributed by atoms with Crippen LogP contribution in [-0.4, -0.2) is 66.3 Å². The number of benzene rings is 4. The van der Waals surface area contributed by atoms with Gasteiger partial charge in [0.1, 0.15) is 31.0 Å². The fourth-order valence-electron chi connectivity index (χ4n) is 6.07. The number of nitro benzene ring substituents is 1. The van der Waals surface area contributed by atoms with Crippen LogP contribution in [0.4, 0.5) is 25.8 Å². The maximum atomic E-state index is 13.5. The van der Waals surface area contributed by atoms with Crippen molar-refractivity contribution in [2.45, 2.75) is 50.4 Å². The highest BCUT2D eigenvalue weighted by atomic mass is 16.7. The first-order valence-electron chi connectivity index (χ1n) is 17.6. The summed E-state index contributed by atoms with van der Waals surface area (Å²) in [6, 6.07) is 22.9. The quantitative estimate of drug-likeness (QED) is 0.0305. The summed E-state index contributed by atoms with van der Waals surface area (Å²) in [7, 11) is 0. The number of primary amides is 1. The Labute approximate surface area is 321 Å². The Bertz CT molecular complexity index is 2010. The van der Waals surface area contributed by atoms with Crippen molar-refractivity contribution in [1.82, 2.24) is 16.0 Å². The molecule has 0 bridgehead atoms. The van der Waals surface area contributed by atoms with Gasteiger partial charge in [-0.15, -0.1) is 0 Å². The van der Waals surface area contributed by atoms with E-state index in [0.29, 0.717) is 11.3 Å². The molecule has 3 atom stereocenters. The molecule has 56 heavy (non-hydrogen) atoms. The molecule has 1 aliphatic carbocycles. The molecule has 4 aromatic carbocycles. The number of carbonyl (C=O) groups is 5. The van der Waals surface area contributed by atoms with Crippen molar-refractivity contribution in [3.63, 3.8) is 0 Å². The summed E-state index contributed by atoms with van der Waals surface area (Å²) in [5.41, 5.74) is 16.2. The Morgan fingerprint density at radius 3 is 2.04 bits per heavy atom. The van der Waals surface area contributed by atoms with E-state index in [1.807, 2.05) is 48.5 Å². The van der Waals surface area contributed by atoms with Crippen molar-refractivity contribution < 1.29 is 43.1 Å². The highest BCUT2D eigenvalue weighted by molar-refractivity contribution is 5.98. The molecular formula is C39H41N7O10. The molecule has 0 radical (unpaired) electrons. The SMILES string of the molecule is CC(N)[C@H](NC(=O)OCC1c2ccccc2-c2ccccc21)C(=O)N[C@@H](CCCNC(N)=O)C(=O)Nc1ccc(COC(=O)Oc2ccc([N+](=O)[O-])cc2)cc1. The molecule has 1 aliphatic rings. The molecule has 0 fully saturated rings. The van der Waals surface area contributed by atoms with Gasteiger partial charge in [0, 0.05) is 36.3 Å². The van der Waals surface area contributed by atoms with Crippen molar-refractivity contribution in [3.05, 3.63) is 124 Å². The summed E-state index contributed by atoms with van der Waals surface area (Å²) in [5, 5.41) is 21.2. The van der Waals surface area contributed by atoms with Gasteiger partial charge in [-0.05, 0) is 71.8 Å². The Hall–Kier alpha value is -7.01. The van der Waals surface area contributed by atoms with Gasteiger partial charge in [0.2, 0.25) is 11.8 Å². The van der Waals surface area contributed by atoms with E-state index in [1.165, 1.54) is 31.2 Å². The van der Waals surface area contributed by atoms with Crippen LogP contribution >= 0.6 is 0 Å². The number of alkyl carbamates (subject to hydrolysis) is 1. The van der Waals surface area contributed by atoms with E-state index in [0.717, 1.165) is 22.3 Å². The number of amides is 5. The average Bonchev–Trinajstić information content (AvgIpc) is 3.50. The number of nitrogens with two attached hydrogens (primary N) is 2. The number of urea groups is 1. The maximum Gasteiger partial charge on any atom is 0.514 e. The van der Waals surface area contributed by atoms with Crippen molar-refractivity contribution >= 4 is 41.5 Å². The molecule has 0 spiro atoms. The van der Waals surface area contributed by atoms with Gasteiger partial charge in [0.05, 0.1) is 4.92 Å². The molecule has 0 saturated carbocycles. The molecule has 5 rings (SSSR count). The van der Waals surface area contributed by atoms with Crippen molar-refractivity contribution in [2.24, 2.45) is 11.5 Å². The molecule has 0 heterocycles. The van der Waals surface area contributed by atoms with Gasteiger partial charge in [-0.1, -0.05) is 60.7 Å². The van der Waals surface area contributed by atoms with E-state index in [4.69, 9.17) is 25.7 Å². The van der Waals surface area contributed by atoms with Crippen LogP contribution in [0, 0.1) is 10.1 Å². The van der Waals surface area contributed by atoms with Crippen LogP contribution in [0.5, 0.6) is 5.75 Å². The van der Waals surface area contributed by atoms with Gasteiger partial charge in [-0.2, -0.15) is 0 Å². The minimum absolute atomic E-state index is 0.0161. The Morgan fingerprint density at radius 2 is 1.45 bits per heavy atom. The molecule has 1 unspecified atom stereocenters. The van der Waals surface area contributed by atoms with Gasteiger partial charge in [-0.3, -0.25) is 19.7 Å². The van der Waals surface area contributed by atoms with E-state index < -0.39 is 53.1 Å². The minimum atomic E-state index is -1.27. The maximum absolute atomic E-state index is 13.5. The Morgan fingerprint density at radius 1 is 0.821 bits per heavy atom. The predicted molar refractivity (Wildman–Crippen MR) is 203 cm³/mol. The highest BCUT2D eigenvalue weighted by Gasteiger charge is 2.32.